The molecule has 2 aromatic rings. The van der Waals surface area contributed by atoms with Gasteiger partial charge in [-0.05, 0) is 41.0 Å². The van der Waals surface area contributed by atoms with Crippen LogP contribution < -0.4 is 5.32 Å². The molecule has 1 saturated heterocycles. The molecular weight excluding hydrogens is 452 g/mol. The molecule has 5 rings (SSSR count). The lowest BCUT2D eigenvalue weighted by Gasteiger charge is -2.37. The molecule has 2 fully saturated rings. The highest BCUT2D eigenvalue weighted by molar-refractivity contribution is 8.00. The summed E-state index contributed by atoms with van der Waals surface area (Å²) in [5, 5.41) is 11.6. The van der Waals surface area contributed by atoms with Crippen LogP contribution in [0.1, 0.15) is 36.3 Å². The number of hydrogen-bond acceptors (Lipinski definition) is 5. The van der Waals surface area contributed by atoms with Crippen molar-refractivity contribution in [3.63, 3.8) is 0 Å². The molecule has 2 N–H and O–H groups in total. The van der Waals surface area contributed by atoms with Crippen molar-refractivity contribution in [2.24, 2.45) is 5.92 Å². The first-order valence-corrected chi connectivity index (χ1v) is 12.8. The summed E-state index contributed by atoms with van der Waals surface area (Å²) >= 11 is 1.39. The Morgan fingerprint density at radius 2 is 1.68 bits per heavy atom. The first kappa shape index (κ1) is 22.8. The Morgan fingerprint density at radius 1 is 1.03 bits per heavy atom. The lowest BCUT2D eigenvalue weighted by atomic mass is 9.78. The molecule has 0 bridgehead atoms. The molecule has 178 valence electrons. The predicted molar refractivity (Wildman–Crippen MR) is 130 cm³/mol. The van der Waals surface area contributed by atoms with Crippen molar-refractivity contribution in [3.05, 3.63) is 59.7 Å². The van der Waals surface area contributed by atoms with E-state index in [9.17, 15) is 19.5 Å². The first-order chi connectivity index (χ1) is 16.5. The maximum absolute atomic E-state index is 12.6. The van der Waals surface area contributed by atoms with E-state index in [1.807, 2.05) is 24.3 Å². The van der Waals surface area contributed by atoms with Gasteiger partial charge in [0, 0.05) is 37.2 Å². The van der Waals surface area contributed by atoms with E-state index in [1.165, 1.54) is 34.0 Å². The zero-order valence-electron chi connectivity index (χ0n) is 18.8. The number of fused-ring (bicyclic) bond motifs is 3. The molecule has 8 heteroatoms. The normalized spacial score (nSPS) is 23.4. The highest BCUT2D eigenvalue weighted by atomic mass is 32.2. The van der Waals surface area contributed by atoms with Crippen LogP contribution >= 0.6 is 11.8 Å². The molecule has 34 heavy (non-hydrogen) atoms. The molecule has 0 radical (unpaired) electrons. The third kappa shape index (κ3) is 4.64. The number of carboxylic acid groups (broad SMARTS) is 1. The summed E-state index contributed by atoms with van der Waals surface area (Å²) in [4.78, 5) is 37.9. The van der Waals surface area contributed by atoms with E-state index >= 15 is 0 Å². The van der Waals surface area contributed by atoms with Crippen molar-refractivity contribution in [1.82, 2.24) is 10.2 Å². The Hall–Kier alpha value is -3.00. The van der Waals surface area contributed by atoms with Crippen LogP contribution in [0.15, 0.2) is 48.5 Å². The SMILES string of the molecule is O=C(NC1CC(CC(=O)N2CCSC(C(=O)O)C2)C1)OCC1c2ccccc2-c2ccccc21. The van der Waals surface area contributed by atoms with Crippen molar-refractivity contribution >= 4 is 29.7 Å². The van der Waals surface area contributed by atoms with Crippen molar-refractivity contribution in [3.8, 4) is 11.1 Å². The monoisotopic (exact) mass is 480 g/mol. The second-order valence-corrected chi connectivity index (χ2v) is 10.6. The standard InChI is InChI=1S/C26H28N2O5S/c29-24(28-9-10-34-23(14-28)25(30)31)13-16-11-17(12-16)27-26(32)33-15-22-20-7-3-1-5-18(20)19-6-2-4-8-21(19)22/h1-8,16-17,22-23H,9-15H2,(H,27,32)(H,30,31). The van der Waals surface area contributed by atoms with Crippen LogP contribution in [-0.4, -0.2) is 64.7 Å². The topological polar surface area (TPSA) is 95.9 Å². The molecule has 1 saturated carbocycles. The van der Waals surface area contributed by atoms with E-state index in [0.717, 1.165) is 12.8 Å². The Labute approximate surface area is 202 Å². The molecule has 1 heterocycles. The van der Waals surface area contributed by atoms with Crippen LogP contribution in [0.4, 0.5) is 4.79 Å². The number of carboxylic acids is 1. The highest BCUT2D eigenvalue weighted by Crippen LogP contribution is 2.44. The quantitative estimate of drug-likeness (QED) is 0.654. The average Bonchev–Trinajstić information content (AvgIpc) is 3.15. The summed E-state index contributed by atoms with van der Waals surface area (Å²) in [6.07, 6.45) is 1.45. The fraction of sp³-hybridized carbons (Fsp3) is 0.423. The Bertz CT molecular complexity index is 1050. The largest absolute Gasteiger partial charge is 0.480 e. The minimum absolute atomic E-state index is 0.0103. The van der Waals surface area contributed by atoms with Crippen molar-refractivity contribution in [2.45, 2.75) is 36.5 Å². The molecule has 2 amide bonds. The number of aliphatic carboxylic acids is 1. The Kier molecular flexibility index (Phi) is 6.50. The van der Waals surface area contributed by atoms with Gasteiger partial charge in [0.25, 0.3) is 0 Å². The van der Waals surface area contributed by atoms with E-state index in [4.69, 9.17) is 4.74 Å². The maximum atomic E-state index is 12.6. The number of amides is 2. The van der Waals surface area contributed by atoms with Gasteiger partial charge in [-0.25, -0.2) is 4.79 Å². The molecule has 0 aromatic heterocycles. The smallest absolute Gasteiger partial charge is 0.407 e. The van der Waals surface area contributed by atoms with E-state index in [1.54, 1.807) is 4.90 Å². The van der Waals surface area contributed by atoms with Crippen LogP contribution in [0, 0.1) is 5.92 Å². The first-order valence-electron chi connectivity index (χ1n) is 11.7. The van der Waals surface area contributed by atoms with Gasteiger partial charge in [-0.2, -0.15) is 0 Å². The predicted octanol–water partition coefficient (Wildman–Crippen LogP) is 3.72. The number of thioether (sulfide) groups is 1. The van der Waals surface area contributed by atoms with Gasteiger partial charge in [-0.3, -0.25) is 9.59 Å². The van der Waals surface area contributed by atoms with Gasteiger partial charge >= 0.3 is 12.1 Å². The zero-order chi connectivity index (χ0) is 23.7. The van der Waals surface area contributed by atoms with Gasteiger partial charge in [0.15, 0.2) is 0 Å². The zero-order valence-corrected chi connectivity index (χ0v) is 19.6. The van der Waals surface area contributed by atoms with E-state index in [0.29, 0.717) is 18.7 Å². The third-order valence-corrected chi connectivity index (χ3v) is 8.23. The summed E-state index contributed by atoms with van der Waals surface area (Å²) in [6, 6.07) is 16.5. The number of rotatable bonds is 6. The highest BCUT2D eigenvalue weighted by Gasteiger charge is 2.36. The summed E-state index contributed by atoms with van der Waals surface area (Å²) in [7, 11) is 0. The molecule has 7 nitrogen and oxygen atoms in total. The van der Waals surface area contributed by atoms with Crippen LogP contribution in [-0.2, 0) is 14.3 Å². The average molecular weight is 481 g/mol. The number of carbonyl (C=O) groups excluding carboxylic acids is 2. The maximum Gasteiger partial charge on any atom is 0.407 e. The number of ether oxygens (including phenoxy) is 1. The van der Waals surface area contributed by atoms with Gasteiger partial charge in [0.2, 0.25) is 5.91 Å². The van der Waals surface area contributed by atoms with Gasteiger partial charge < -0.3 is 20.1 Å². The van der Waals surface area contributed by atoms with Crippen LogP contribution in [0.3, 0.4) is 0 Å². The van der Waals surface area contributed by atoms with Crippen molar-refractivity contribution in [2.75, 3.05) is 25.4 Å². The third-order valence-electron chi connectivity index (χ3n) is 7.06. The summed E-state index contributed by atoms with van der Waals surface area (Å²) in [5.74, 6) is 0.0421. The lowest BCUT2D eigenvalue weighted by molar-refractivity contribution is -0.138. The summed E-state index contributed by atoms with van der Waals surface area (Å²) in [5.41, 5.74) is 4.75. The molecule has 2 aromatic carbocycles. The fourth-order valence-corrected chi connectivity index (χ4v) is 6.27. The van der Waals surface area contributed by atoms with Gasteiger partial charge in [0.05, 0.1) is 0 Å². The Morgan fingerprint density at radius 3 is 2.32 bits per heavy atom. The van der Waals surface area contributed by atoms with Gasteiger partial charge in [-0.1, -0.05) is 48.5 Å². The Balaban J connectivity index is 1.07. The number of alkyl carbamates (subject to hydrolysis) is 1. The van der Waals surface area contributed by atoms with E-state index < -0.39 is 17.3 Å². The number of benzene rings is 2. The molecule has 1 aliphatic heterocycles. The van der Waals surface area contributed by atoms with Crippen LogP contribution in [0.25, 0.3) is 11.1 Å². The molecule has 0 spiro atoms. The molecule has 1 unspecified atom stereocenters. The van der Waals surface area contributed by atoms with Crippen molar-refractivity contribution < 1.29 is 24.2 Å². The van der Waals surface area contributed by atoms with Crippen molar-refractivity contribution in [1.29, 1.82) is 0 Å². The van der Waals surface area contributed by atoms with E-state index in [2.05, 4.69) is 29.6 Å². The molecule has 2 aliphatic carbocycles. The minimum atomic E-state index is -0.862. The van der Waals surface area contributed by atoms with E-state index in [-0.39, 0.29) is 36.9 Å². The van der Waals surface area contributed by atoms with Crippen LogP contribution in [0.5, 0.6) is 0 Å². The lowest BCUT2D eigenvalue weighted by Crippen LogP contribution is -2.48. The van der Waals surface area contributed by atoms with Crippen LogP contribution in [0.2, 0.25) is 0 Å². The number of carbonyl (C=O) groups is 3. The summed E-state index contributed by atoms with van der Waals surface area (Å²) < 4.78 is 5.61. The summed E-state index contributed by atoms with van der Waals surface area (Å²) in [6.45, 7) is 1.15. The number of hydrogen-bond donors (Lipinski definition) is 2. The minimum Gasteiger partial charge on any atom is -0.480 e. The second-order valence-electron chi connectivity index (χ2n) is 9.25. The second kappa shape index (κ2) is 9.70. The molecular formula is C26H28N2O5S. The molecule has 1 atom stereocenters. The number of nitrogens with one attached hydrogen (secondary N) is 1. The number of nitrogens with zero attached hydrogens (tertiary/aromatic N) is 1. The molecule has 3 aliphatic rings. The van der Waals surface area contributed by atoms with Gasteiger partial charge in [-0.15, -0.1) is 11.8 Å². The van der Waals surface area contributed by atoms with Gasteiger partial charge in [0.1, 0.15) is 11.9 Å². The fourth-order valence-electron chi connectivity index (χ4n) is 5.23.